The molecule has 228 valence electrons. The third-order valence-corrected chi connectivity index (χ3v) is 7.33. The second-order valence-electron chi connectivity index (χ2n) is 10.4. The van der Waals surface area contributed by atoms with Gasteiger partial charge in [-0.05, 0) is 49.9 Å². The van der Waals surface area contributed by atoms with Crippen LogP contribution in [0.25, 0.3) is 10.8 Å². The minimum Gasteiger partial charge on any atom is -0.508 e. The average molecular weight is 587 g/mol. The molecule has 3 aromatic rings. The lowest BCUT2D eigenvalue weighted by Gasteiger charge is -2.35. The molecule has 11 heteroatoms. The fourth-order valence-corrected chi connectivity index (χ4v) is 5.22. The lowest BCUT2D eigenvalue weighted by molar-refractivity contribution is -0.126. The first-order chi connectivity index (χ1) is 20.8. The fraction of sp³-hybridized carbons (Fsp3) is 0.406. The molecule has 0 saturated carbocycles. The SMILES string of the molecule is C=CC(=O)N1CCN(c2cc(C=O)nc(NCC3CCCN(C)C3)n2)CC1.CC#N.CNc1cc(O)cc2ccccc12. The second kappa shape index (κ2) is 16.7. The third-order valence-electron chi connectivity index (χ3n) is 7.33. The summed E-state index contributed by atoms with van der Waals surface area (Å²) in [6, 6.07) is 14.9. The number of likely N-dealkylation sites (tertiary alicyclic amines) is 1. The number of phenols is 1. The number of rotatable bonds is 7. The number of benzene rings is 2. The first kappa shape index (κ1) is 32.8. The molecule has 2 fully saturated rings. The van der Waals surface area contributed by atoms with E-state index in [1.165, 1.54) is 25.8 Å². The van der Waals surface area contributed by atoms with Gasteiger partial charge >= 0.3 is 0 Å². The zero-order valence-electron chi connectivity index (χ0n) is 25.3. The van der Waals surface area contributed by atoms with Crippen molar-refractivity contribution in [3.8, 4) is 11.8 Å². The van der Waals surface area contributed by atoms with Crippen LogP contribution in [0.15, 0.2) is 55.1 Å². The van der Waals surface area contributed by atoms with E-state index in [-0.39, 0.29) is 5.91 Å². The molecular weight excluding hydrogens is 544 g/mol. The van der Waals surface area contributed by atoms with Crippen LogP contribution in [0.4, 0.5) is 17.5 Å². The normalized spacial score (nSPS) is 16.5. The highest BCUT2D eigenvalue weighted by Crippen LogP contribution is 2.28. The monoisotopic (exact) mass is 586 g/mol. The van der Waals surface area contributed by atoms with Crippen LogP contribution in [0, 0.1) is 17.2 Å². The number of aromatic hydroxyl groups is 1. The largest absolute Gasteiger partial charge is 0.508 e. The Labute approximate surface area is 253 Å². The van der Waals surface area contributed by atoms with Gasteiger partial charge in [-0.3, -0.25) is 9.59 Å². The summed E-state index contributed by atoms with van der Waals surface area (Å²) >= 11 is 0. The highest BCUT2D eigenvalue weighted by Gasteiger charge is 2.22. The summed E-state index contributed by atoms with van der Waals surface area (Å²) in [5.41, 5.74) is 1.32. The van der Waals surface area contributed by atoms with E-state index < -0.39 is 0 Å². The van der Waals surface area contributed by atoms with Crippen LogP contribution >= 0.6 is 0 Å². The van der Waals surface area contributed by atoms with Gasteiger partial charge in [-0.15, -0.1) is 0 Å². The fourth-order valence-electron chi connectivity index (χ4n) is 5.22. The topological polar surface area (TPSA) is 138 Å². The van der Waals surface area contributed by atoms with Crippen LogP contribution in [-0.4, -0.2) is 97.0 Å². The van der Waals surface area contributed by atoms with E-state index in [9.17, 15) is 14.7 Å². The van der Waals surface area contributed by atoms with Crippen LogP contribution in [0.2, 0.25) is 0 Å². The molecule has 11 nitrogen and oxygen atoms in total. The maximum atomic E-state index is 11.7. The van der Waals surface area contributed by atoms with Crippen LogP contribution in [0.3, 0.4) is 0 Å². The van der Waals surface area contributed by atoms with E-state index >= 15 is 0 Å². The minimum absolute atomic E-state index is 0.0503. The Morgan fingerprint density at radius 3 is 2.53 bits per heavy atom. The first-order valence-corrected chi connectivity index (χ1v) is 14.4. The number of anilines is 3. The number of piperidine rings is 1. The molecule has 0 radical (unpaired) electrons. The number of fused-ring (bicyclic) bond motifs is 1. The van der Waals surface area contributed by atoms with E-state index in [1.54, 1.807) is 29.2 Å². The highest BCUT2D eigenvalue weighted by molar-refractivity contribution is 5.95. The summed E-state index contributed by atoms with van der Waals surface area (Å²) in [4.78, 5) is 38.1. The van der Waals surface area contributed by atoms with E-state index in [4.69, 9.17) is 5.26 Å². The highest BCUT2D eigenvalue weighted by atomic mass is 16.3. The number of nitrogens with one attached hydrogen (secondary N) is 2. The number of hydrogen-bond acceptors (Lipinski definition) is 10. The summed E-state index contributed by atoms with van der Waals surface area (Å²) in [6.07, 6.45) is 4.49. The molecule has 1 amide bonds. The Kier molecular flexibility index (Phi) is 12.7. The van der Waals surface area contributed by atoms with Gasteiger partial charge in [0.2, 0.25) is 11.9 Å². The maximum absolute atomic E-state index is 11.7. The van der Waals surface area contributed by atoms with Crippen molar-refractivity contribution in [2.45, 2.75) is 19.8 Å². The summed E-state index contributed by atoms with van der Waals surface area (Å²) in [7, 11) is 3.99. The van der Waals surface area contributed by atoms with Crippen LogP contribution in [0.5, 0.6) is 5.75 Å². The number of nitrogens with zero attached hydrogens (tertiary/aromatic N) is 6. The molecule has 2 saturated heterocycles. The summed E-state index contributed by atoms with van der Waals surface area (Å²) in [5.74, 6) is 2.02. The third kappa shape index (κ3) is 9.68. The quantitative estimate of drug-likeness (QED) is 0.275. The van der Waals surface area contributed by atoms with Gasteiger partial charge in [-0.25, -0.2) is 4.98 Å². The molecule has 2 aliphatic heterocycles. The first-order valence-electron chi connectivity index (χ1n) is 14.4. The van der Waals surface area contributed by atoms with Gasteiger partial charge in [0.25, 0.3) is 0 Å². The van der Waals surface area contributed by atoms with E-state index in [0.717, 1.165) is 48.2 Å². The number of aromatic nitrogens is 2. The number of hydrogen-bond donors (Lipinski definition) is 3. The van der Waals surface area contributed by atoms with Gasteiger partial charge in [0.1, 0.15) is 17.3 Å². The lowest BCUT2D eigenvalue weighted by atomic mass is 9.99. The molecule has 3 heterocycles. The van der Waals surface area contributed by atoms with Crippen molar-refractivity contribution in [1.29, 1.82) is 5.26 Å². The molecule has 1 atom stereocenters. The number of carbonyl (C=O) groups excluding carboxylic acids is 2. The Morgan fingerprint density at radius 2 is 1.88 bits per heavy atom. The molecule has 0 aliphatic carbocycles. The average Bonchev–Trinajstić information content (AvgIpc) is 3.03. The number of carbonyl (C=O) groups is 2. The zero-order chi connectivity index (χ0) is 31.2. The van der Waals surface area contributed by atoms with Crippen LogP contribution in [-0.2, 0) is 4.79 Å². The molecule has 3 N–H and O–H groups in total. The Bertz CT molecular complexity index is 1420. The van der Waals surface area contributed by atoms with Crippen molar-refractivity contribution >= 4 is 40.4 Å². The van der Waals surface area contributed by atoms with E-state index in [0.29, 0.717) is 49.5 Å². The van der Waals surface area contributed by atoms with Crippen molar-refractivity contribution in [3.05, 3.63) is 60.8 Å². The Balaban J connectivity index is 0.000000262. The minimum atomic E-state index is -0.0503. The maximum Gasteiger partial charge on any atom is 0.246 e. The number of phenolic OH excluding ortho intramolecular Hbond substituents is 1. The van der Waals surface area contributed by atoms with E-state index in [2.05, 4.69) is 44.0 Å². The molecule has 0 bridgehead atoms. The van der Waals surface area contributed by atoms with Gasteiger partial charge in [-0.2, -0.15) is 10.2 Å². The smallest absolute Gasteiger partial charge is 0.246 e. The molecular formula is C32H42N8O3. The summed E-state index contributed by atoms with van der Waals surface area (Å²) in [5, 5.41) is 25.3. The molecule has 5 rings (SSSR count). The molecule has 0 spiro atoms. The second-order valence-corrected chi connectivity index (χ2v) is 10.4. The standard InChI is InChI=1S/C19H28N6O2.C11H11NO.C2H3N/c1-3-18(27)25-9-7-24(8-10-25)17-11-16(14-26)21-19(22-17)20-12-15-5-4-6-23(2)13-15;1-12-11-7-9(13)6-8-4-2-3-5-10(8)11;1-2-3/h3,11,14-15H,1,4-10,12-13H2,2H3,(H,20,21,22);2-7,12-13H,1H3;1H3. The summed E-state index contributed by atoms with van der Waals surface area (Å²) in [6.45, 7) is 10.5. The predicted octanol–water partition coefficient (Wildman–Crippen LogP) is 3.99. The lowest BCUT2D eigenvalue weighted by Crippen LogP contribution is -2.48. The van der Waals surface area contributed by atoms with E-state index in [1.807, 2.05) is 31.3 Å². The van der Waals surface area contributed by atoms with Gasteiger partial charge in [-0.1, -0.05) is 30.8 Å². The number of amides is 1. The number of aldehydes is 1. The Morgan fingerprint density at radius 1 is 1.16 bits per heavy atom. The molecule has 1 unspecified atom stereocenters. The van der Waals surface area contributed by atoms with Crippen molar-refractivity contribution in [1.82, 2.24) is 19.8 Å². The molecule has 2 aromatic carbocycles. The van der Waals surface area contributed by atoms with Crippen molar-refractivity contribution in [3.63, 3.8) is 0 Å². The molecule has 1 aromatic heterocycles. The van der Waals surface area contributed by atoms with Crippen LogP contribution in [0.1, 0.15) is 30.3 Å². The van der Waals surface area contributed by atoms with Gasteiger partial charge in [0.05, 0.1) is 6.07 Å². The summed E-state index contributed by atoms with van der Waals surface area (Å²) < 4.78 is 0. The molecule has 2 aliphatic rings. The van der Waals surface area contributed by atoms with Crippen LogP contribution < -0.4 is 15.5 Å². The van der Waals surface area contributed by atoms with Crippen molar-refractivity contribution < 1.29 is 14.7 Å². The van der Waals surface area contributed by atoms with Crippen molar-refractivity contribution in [2.75, 3.05) is 75.4 Å². The molecule has 43 heavy (non-hydrogen) atoms. The van der Waals surface area contributed by atoms with Crippen molar-refractivity contribution in [2.24, 2.45) is 5.92 Å². The predicted molar refractivity (Wildman–Crippen MR) is 172 cm³/mol. The Hall–Kier alpha value is -4.69. The van der Waals surface area contributed by atoms with Gasteiger partial charge in [0.15, 0.2) is 6.29 Å². The zero-order valence-corrected chi connectivity index (χ0v) is 25.3. The number of piperazine rings is 1. The van der Waals surface area contributed by atoms with Gasteiger partial charge in [0, 0.05) is 76.4 Å². The number of nitriles is 1. The van der Waals surface area contributed by atoms with Gasteiger partial charge < -0.3 is 30.4 Å².